The second-order valence-corrected chi connectivity index (χ2v) is 5.92. The Kier molecular flexibility index (Phi) is 6.92. The van der Waals surface area contributed by atoms with Crippen molar-refractivity contribution in [2.75, 3.05) is 19.5 Å². The number of hydrogen-bond acceptors (Lipinski definition) is 10. The molecular weight excluding hydrogens is 382 g/mol. The lowest BCUT2D eigenvalue weighted by atomic mass is 10.1. The van der Waals surface area contributed by atoms with Crippen molar-refractivity contribution in [3.8, 4) is 0 Å². The van der Waals surface area contributed by atoms with Gasteiger partial charge in [-0.3, -0.25) is 14.3 Å². The van der Waals surface area contributed by atoms with E-state index in [0.717, 1.165) is 0 Å². The summed E-state index contributed by atoms with van der Waals surface area (Å²) < 4.78 is 11.7. The van der Waals surface area contributed by atoms with Crippen LogP contribution in [0.3, 0.4) is 0 Å². The summed E-state index contributed by atoms with van der Waals surface area (Å²) in [5.74, 6) is 0.0995. The van der Waals surface area contributed by atoms with Gasteiger partial charge in [0.05, 0.1) is 11.5 Å². The Morgan fingerprint density at radius 3 is 2.67 bits per heavy atom. The van der Waals surface area contributed by atoms with E-state index in [9.17, 15) is 19.5 Å². The number of aliphatic hydroxyl groups is 2. The minimum Gasteiger partial charge on any atom is -0.394 e. The molecule has 0 bridgehead atoms. The largest absolute Gasteiger partial charge is 0.394 e. The van der Waals surface area contributed by atoms with Crippen LogP contribution >= 0.6 is 12.6 Å². The molecule has 12 nitrogen and oxygen atoms in total. The summed E-state index contributed by atoms with van der Waals surface area (Å²) >= 11 is 3.73. The van der Waals surface area contributed by atoms with Gasteiger partial charge in [-0.25, -0.2) is 9.59 Å². The van der Waals surface area contributed by atoms with Crippen LogP contribution in [0, 0.1) is 0 Å². The van der Waals surface area contributed by atoms with Gasteiger partial charge in [0.25, 0.3) is 5.56 Å². The molecule has 0 spiro atoms. The van der Waals surface area contributed by atoms with Crippen molar-refractivity contribution in [2.45, 2.75) is 29.4 Å². The zero-order valence-corrected chi connectivity index (χ0v) is 15.0. The molecule has 3 heterocycles. The molecule has 2 aromatic rings. The van der Waals surface area contributed by atoms with E-state index in [2.05, 4.69) is 22.6 Å². The Bertz CT molecular complexity index is 942. The second-order valence-electron chi connectivity index (χ2n) is 5.44. The number of hydrogen-bond donors (Lipinski definition) is 6. The van der Waals surface area contributed by atoms with E-state index in [0.29, 0.717) is 0 Å². The summed E-state index contributed by atoms with van der Waals surface area (Å²) in [5, 5.41) is 18.9. The first-order valence-electron chi connectivity index (χ1n) is 7.61. The van der Waals surface area contributed by atoms with Crippen LogP contribution in [-0.2, 0) is 9.47 Å². The predicted octanol–water partition coefficient (Wildman–Crippen LogP) is -2.56. The quantitative estimate of drug-likeness (QED) is 0.301. The molecule has 27 heavy (non-hydrogen) atoms. The van der Waals surface area contributed by atoms with Crippen molar-refractivity contribution in [1.29, 1.82) is 0 Å². The van der Waals surface area contributed by atoms with Crippen molar-refractivity contribution in [3.05, 3.63) is 49.8 Å². The maximum atomic E-state index is 11.7. The fraction of sp³-hybridized carbons (Fsp3) is 0.429. The van der Waals surface area contributed by atoms with E-state index < -0.39 is 41.5 Å². The van der Waals surface area contributed by atoms with E-state index in [1.54, 1.807) is 0 Å². The molecule has 1 saturated heterocycles. The molecule has 1 aliphatic rings. The molecule has 3 rings (SSSR count). The van der Waals surface area contributed by atoms with E-state index in [1.165, 1.54) is 30.1 Å². The smallest absolute Gasteiger partial charge is 0.351 e. The number of methoxy groups -OCH3 is 1. The topological polar surface area (TPSA) is 186 Å². The number of nitrogen functional groups attached to an aromatic ring is 1. The average molecular weight is 401 g/mol. The second kappa shape index (κ2) is 8.96. The molecule has 6 N–H and O–H groups in total. The Balaban J connectivity index is 0.000000244. The fourth-order valence-corrected chi connectivity index (χ4v) is 2.49. The molecule has 2 aromatic heterocycles. The summed E-state index contributed by atoms with van der Waals surface area (Å²) in [6, 6.07) is 1.44. The number of aromatic amines is 2. The van der Waals surface area contributed by atoms with Gasteiger partial charge in [0.1, 0.15) is 24.1 Å². The Morgan fingerprint density at radius 2 is 2.15 bits per heavy atom. The highest BCUT2D eigenvalue weighted by molar-refractivity contribution is 7.80. The number of aromatic nitrogens is 4. The van der Waals surface area contributed by atoms with Crippen molar-refractivity contribution in [3.63, 3.8) is 0 Å². The van der Waals surface area contributed by atoms with Gasteiger partial charge in [0, 0.05) is 19.5 Å². The van der Waals surface area contributed by atoms with Gasteiger partial charge in [-0.05, 0) is 6.07 Å². The number of nitrogens with zero attached hydrogens (tertiary/aromatic N) is 2. The van der Waals surface area contributed by atoms with E-state index in [1.807, 2.05) is 4.98 Å². The molecule has 1 fully saturated rings. The van der Waals surface area contributed by atoms with Crippen molar-refractivity contribution in [2.24, 2.45) is 0 Å². The summed E-state index contributed by atoms with van der Waals surface area (Å²) in [7, 11) is 1.39. The van der Waals surface area contributed by atoms with Crippen LogP contribution in [0.5, 0.6) is 0 Å². The van der Waals surface area contributed by atoms with Gasteiger partial charge < -0.3 is 30.4 Å². The van der Waals surface area contributed by atoms with Gasteiger partial charge in [0.15, 0.2) is 6.23 Å². The van der Waals surface area contributed by atoms with Crippen LogP contribution in [0.25, 0.3) is 0 Å². The summed E-state index contributed by atoms with van der Waals surface area (Å²) in [5.41, 5.74) is 3.80. The zero-order chi connectivity index (χ0) is 20.1. The average Bonchev–Trinajstić information content (AvgIpc) is 2.94. The summed E-state index contributed by atoms with van der Waals surface area (Å²) in [6.45, 7) is -0.366. The van der Waals surface area contributed by atoms with Crippen molar-refractivity contribution < 1.29 is 19.7 Å². The molecule has 148 valence electrons. The number of ether oxygens (including phenoxy) is 2. The van der Waals surface area contributed by atoms with Gasteiger partial charge in [-0.2, -0.15) is 4.98 Å². The highest BCUT2D eigenvalue weighted by Crippen LogP contribution is 2.30. The highest BCUT2D eigenvalue weighted by Gasteiger charge is 2.45. The maximum absolute atomic E-state index is 11.7. The lowest BCUT2D eigenvalue weighted by Gasteiger charge is -2.20. The molecule has 4 atom stereocenters. The van der Waals surface area contributed by atoms with Crippen LogP contribution in [0.15, 0.2) is 37.7 Å². The monoisotopic (exact) mass is 401 g/mol. The minimum atomic E-state index is -1.02. The third kappa shape index (κ3) is 4.84. The molecule has 0 saturated carbocycles. The van der Waals surface area contributed by atoms with E-state index in [-0.39, 0.29) is 17.3 Å². The Morgan fingerprint density at radius 1 is 1.44 bits per heavy atom. The van der Waals surface area contributed by atoms with Crippen molar-refractivity contribution in [1.82, 2.24) is 19.5 Å². The first kappa shape index (κ1) is 20.9. The molecular formula is C14H19N5O7S. The number of nitrogens with two attached hydrogens (primary N) is 1. The molecule has 0 amide bonds. The van der Waals surface area contributed by atoms with Crippen LogP contribution < -0.4 is 22.7 Å². The Hall–Kier alpha value is -2.45. The molecule has 0 aromatic carbocycles. The minimum absolute atomic E-state index is 0.0995. The number of thiol groups is 1. The first-order chi connectivity index (χ1) is 12.8. The van der Waals surface area contributed by atoms with Crippen LogP contribution in [0.2, 0.25) is 0 Å². The lowest BCUT2D eigenvalue weighted by molar-refractivity contribution is -0.0624. The van der Waals surface area contributed by atoms with Crippen LogP contribution in [-0.4, -0.2) is 61.8 Å². The number of H-pyrrole nitrogens is 2. The molecule has 0 unspecified atom stereocenters. The SMILES string of the molecule is CO[C@@H]1[C@H](O)[C@@H](CO)O[C@H]1n1ccc(N)nc1=O.O=c1[nH]cc(S)c(=O)[nH]1. The number of aliphatic hydroxyl groups excluding tert-OH is 2. The summed E-state index contributed by atoms with van der Waals surface area (Å²) in [4.78, 5) is 40.5. The number of anilines is 1. The van der Waals surface area contributed by atoms with Gasteiger partial charge in [-0.15, -0.1) is 12.6 Å². The van der Waals surface area contributed by atoms with Gasteiger partial charge in [0.2, 0.25) is 0 Å². The van der Waals surface area contributed by atoms with E-state index >= 15 is 0 Å². The molecule has 13 heteroatoms. The van der Waals surface area contributed by atoms with Crippen LogP contribution in [0.1, 0.15) is 6.23 Å². The van der Waals surface area contributed by atoms with Crippen LogP contribution in [0.4, 0.5) is 5.82 Å². The highest BCUT2D eigenvalue weighted by atomic mass is 32.1. The number of rotatable bonds is 3. The number of nitrogens with one attached hydrogen (secondary N) is 2. The zero-order valence-electron chi connectivity index (χ0n) is 14.1. The van der Waals surface area contributed by atoms with Gasteiger partial charge >= 0.3 is 11.4 Å². The third-order valence-corrected chi connectivity index (χ3v) is 4.02. The van der Waals surface area contributed by atoms with Gasteiger partial charge in [-0.1, -0.05) is 0 Å². The molecule has 0 aliphatic carbocycles. The molecule has 1 aliphatic heterocycles. The third-order valence-electron chi connectivity index (χ3n) is 3.69. The van der Waals surface area contributed by atoms with E-state index in [4.69, 9.17) is 20.3 Å². The maximum Gasteiger partial charge on any atom is 0.351 e. The molecule has 0 radical (unpaired) electrons. The normalized spacial score (nSPS) is 24.3. The predicted molar refractivity (Wildman–Crippen MR) is 95.6 cm³/mol. The first-order valence-corrected chi connectivity index (χ1v) is 8.06. The standard InChI is InChI=1S/C10H15N3O5.C4H4N2O2S/c1-17-8-7(15)5(4-14)18-9(8)13-3-2-6(11)12-10(13)16;7-3-2(9)1-5-4(8)6-3/h2-3,5,7-9,14-15H,4H2,1H3,(H2,11,12,16);1,9H,(H2,5,6,7,8)/t5-,7-,8-,9-;/m1./s1. The fourth-order valence-electron chi connectivity index (χ4n) is 2.37. The van der Waals surface area contributed by atoms with Crippen molar-refractivity contribution >= 4 is 18.4 Å². The lowest BCUT2D eigenvalue weighted by Crippen LogP contribution is -2.37. The summed E-state index contributed by atoms with van der Waals surface area (Å²) in [6.07, 6.45) is -0.773. The Labute approximate surface area is 157 Å².